The van der Waals surface area contributed by atoms with Crippen molar-refractivity contribution in [2.24, 2.45) is 15.9 Å². The predicted octanol–water partition coefficient (Wildman–Crippen LogP) is 3.25. The lowest BCUT2D eigenvalue weighted by Gasteiger charge is -2.24. The van der Waals surface area contributed by atoms with Gasteiger partial charge in [0.25, 0.3) is 0 Å². The van der Waals surface area contributed by atoms with E-state index in [2.05, 4.69) is 69.9 Å². The lowest BCUT2D eigenvalue weighted by Crippen LogP contribution is -2.30. The van der Waals surface area contributed by atoms with Crippen LogP contribution >= 0.6 is 0 Å². The highest BCUT2D eigenvalue weighted by molar-refractivity contribution is 5.79. The normalized spacial score (nSPS) is 21.8. The van der Waals surface area contributed by atoms with E-state index in [-0.39, 0.29) is 6.61 Å². The molecule has 3 rings (SSSR count). The molecule has 0 aromatic heterocycles. The van der Waals surface area contributed by atoms with Crippen LogP contribution in [0.3, 0.4) is 0 Å². The van der Waals surface area contributed by atoms with E-state index >= 15 is 0 Å². The summed E-state index contributed by atoms with van der Waals surface area (Å²) in [6, 6.07) is 7.56. The maximum atomic E-state index is 8.76. The number of nitrogens with zero attached hydrogens (tertiary/aromatic N) is 2. The molecule has 1 fully saturated rings. The molecule has 6 nitrogen and oxygen atoms in total. The van der Waals surface area contributed by atoms with Gasteiger partial charge in [-0.3, -0.25) is 15.3 Å². The molecule has 0 spiro atoms. The molecule has 0 radical (unpaired) electrons. The number of aryl methyl sites for hydroxylation is 1. The van der Waals surface area contributed by atoms with Crippen LogP contribution < -0.4 is 16.0 Å². The Morgan fingerprint density at radius 3 is 2.97 bits per heavy atom. The summed E-state index contributed by atoms with van der Waals surface area (Å²) < 4.78 is 0. The van der Waals surface area contributed by atoms with Crippen LogP contribution in [0, 0.1) is 5.92 Å². The molecule has 2 aliphatic rings. The molecule has 0 aliphatic heterocycles. The zero-order chi connectivity index (χ0) is 22.6. The van der Waals surface area contributed by atoms with Crippen molar-refractivity contribution in [2.45, 2.75) is 51.1 Å². The van der Waals surface area contributed by atoms with Crippen molar-refractivity contribution in [3.05, 3.63) is 52.7 Å². The molecular weight excluding hydrogens is 398 g/mol. The van der Waals surface area contributed by atoms with Crippen molar-refractivity contribution >= 4 is 19.0 Å². The lowest BCUT2D eigenvalue weighted by molar-refractivity contribution is 0.292. The molecule has 6 heteroatoms. The smallest absolute Gasteiger partial charge is 0.0884 e. The highest BCUT2D eigenvalue weighted by Crippen LogP contribution is 2.33. The van der Waals surface area contributed by atoms with E-state index in [0.29, 0.717) is 31.2 Å². The highest BCUT2D eigenvalue weighted by Gasteiger charge is 2.28. The van der Waals surface area contributed by atoms with Gasteiger partial charge in [0.05, 0.1) is 13.3 Å². The first-order chi connectivity index (χ1) is 15.7. The van der Waals surface area contributed by atoms with Crippen LogP contribution in [0.15, 0.2) is 46.0 Å². The first-order valence-corrected chi connectivity index (χ1v) is 11.9. The lowest BCUT2D eigenvalue weighted by atomic mass is 9.90. The number of allylic oxidation sites excluding steroid dienone is 2. The minimum atomic E-state index is 0.168. The summed E-state index contributed by atoms with van der Waals surface area (Å²) in [4.78, 5) is 8.56. The minimum Gasteiger partial charge on any atom is -0.395 e. The van der Waals surface area contributed by atoms with Crippen molar-refractivity contribution in [3.63, 3.8) is 0 Å². The van der Waals surface area contributed by atoms with Gasteiger partial charge in [-0.1, -0.05) is 30.4 Å². The molecule has 0 heterocycles. The zero-order valence-electron chi connectivity index (χ0n) is 19.4. The van der Waals surface area contributed by atoms with Crippen LogP contribution in [-0.4, -0.2) is 57.0 Å². The first kappa shape index (κ1) is 24.5. The van der Waals surface area contributed by atoms with Crippen LogP contribution in [0.25, 0.3) is 6.08 Å². The van der Waals surface area contributed by atoms with Crippen molar-refractivity contribution in [2.75, 3.05) is 32.9 Å². The van der Waals surface area contributed by atoms with E-state index in [0.717, 1.165) is 50.8 Å². The number of aliphatic hydroxyl groups excluding tert-OH is 1. The van der Waals surface area contributed by atoms with E-state index in [4.69, 9.17) is 5.11 Å². The van der Waals surface area contributed by atoms with Gasteiger partial charge in [0.2, 0.25) is 0 Å². The molecule has 174 valence electrons. The Morgan fingerprint density at radius 1 is 1.25 bits per heavy atom. The molecule has 3 atom stereocenters. The number of fused-ring (bicyclic) bond motifs is 1. The first-order valence-electron chi connectivity index (χ1n) is 11.9. The predicted molar refractivity (Wildman–Crippen MR) is 135 cm³/mol. The average Bonchev–Trinajstić information content (AvgIpc) is 3.28. The van der Waals surface area contributed by atoms with Gasteiger partial charge in [0.15, 0.2) is 0 Å². The van der Waals surface area contributed by atoms with Crippen LogP contribution in [0.1, 0.15) is 55.3 Å². The fourth-order valence-electron chi connectivity index (χ4n) is 4.78. The summed E-state index contributed by atoms with van der Waals surface area (Å²) in [5, 5.41) is 19.1. The molecule has 0 bridgehead atoms. The van der Waals surface area contributed by atoms with Crippen LogP contribution in [0.2, 0.25) is 0 Å². The Balaban J connectivity index is 1.49. The Labute approximate surface area is 193 Å². The standard InChI is InChI=1S/C26H39N5O/c1-20(25-9-5-7-21-6-3-4-8-26(21)25)31-24-11-10-22(16-24)23(17-27-2)18-30-19-29-13-12-28-14-15-32/h4-5,7-9,17-18,20,22,24,28-29,31-32H,2-3,6,10-16,19H2,1H3/b23-17+,30-18-/t20-,22-,24+/m1/s1. The Morgan fingerprint density at radius 2 is 2.12 bits per heavy atom. The van der Waals surface area contributed by atoms with E-state index in [1.807, 2.05) is 12.4 Å². The maximum absolute atomic E-state index is 8.76. The second kappa shape index (κ2) is 13.4. The quantitative estimate of drug-likeness (QED) is 0.282. The third-order valence-electron chi connectivity index (χ3n) is 6.40. The van der Waals surface area contributed by atoms with Crippen molar-refractivity contribution in [3.8, 4) is 0 Å². The summed E-state index contributed by atoms with van der Waals surface area (Å²) in [6.45, 7) is 8.95. The fraction of sp³-hybridized carbons (Fsp3) is 0.538. The van der Waals surface area contributed by atoms with Gasteiger partial charge in [-0.15, -0.1) is 0 Å². The number of hydrogen-bond acceptors (Lipinski definition) is 6. The second-order valence-corrected chi connectivity index (χ2v) is 8.71. The van der Waals surface area contributed by atoms with Crippen molar-refractivity contribution in [1.29, 1.82) is 0 Å². The third kappa shape index (κ3) is 7.20. The van der Waals surface area contributed by atoms with Gasteiger partial charge in [0.1, 0.15) is 0 Å². The molecular formula is C26H39N5O. The number of aliphatic imine (C=N–C) groups is 2. The van der Waals surface area contributed by atoms with Crippen LogP contribution in [0.5, 0.6) is 0 Å². The highest BCUT2D eigenvalue weighted by atomic mass is 16.3. The summed E-state index contributed by atoms with van der Waals surface area (Å²) in [7, 11) is 0. The van der Waals surface area contributed by atoms with E-state index in [9.17, 15) is 0 Å². The van der Waals surface area contributed by atoms with Gasteiger partial charge in [-0.25, -0.2) is 0 Å². The summed E-state index contributed by atoms with van der Waals surface area (Å²) in [5.74, 6) is 0.463. The number of aliphatic hydroxyl groups is 1. The van der Waals surface area contributed by atoms with Gasteiger partial charge in [0, 0.05) is 44.1 Å². The molecule has 4 N–H and O–H groups in total. The van der Waals surface area contributed by atoms with E-state index < -0.39 is 0 Å². The topological polar surface area (TPSA) is 81.0 Å². The molecule has 0 saturated heterocycles. The van der Waals surface area contributed by atoms with E-state index in [1.54, 1.807) is 0 Å². The minimum absolute atomic E-state index is 0.168. The molecule has 0 amide bonds. The largest absolute Gasteiger partial charge is 0.395 e. The second-order valence-electron chi connectivity index (χ2n) is 8.71. The summed E-state index contributed by atoms with van der Waals surface area (Å²) in [6.07, 6.45) is 14.1. The Hall–Kier alpha value is -2.12. The maximum Gasteiger partial charge on any atom is 0.0884 e. The van der Waals surface area contributed by atoms with Gasteiger partial charge in [-0.2, -0.15) is 0 Å². The molecule has 32 heavy (non-hydrogen) atoms. The average molecular weight is 438 g/mol. The van der Waals surface area contributed by atoms with Crippen molar-refractivity contribution < 1.29 is 5.11 Å². The zero-order valence-corrected chi connectivity index (χ0v) is 19.4. The van der Waals surface area contributed by atoms with Crippen LogP contribution in [0.4, 0.5) is 0 Å². The van der Waals surface area contributed by atoms with Crippen molar-refractivity contribution in [1.82, 2.24) is 16.0 Å². The molecule has 2 aliphatic carbocycles. The third-order valence-corrected chi connectivity index (χ3v) is 6.40. The van der Waals surface area contributed by atoms with E-state index in [1.165, 1.54) is 16.7 Å². The van der Waals surface area contributed by atoms with Gasteiger partial charge < -0.3 is 15.7 Å². The fourth-order valence-corrected chi connectivity index (χ4v) is 4.78. The molecule has 1 saturated carbocycles. The van der Waals surface area contributed by atoms with Gasteiger partial charge in [-0.05, 0) is 73.9 Å². The van der Waals surface area contributed by atoms with Crippen LogP contribution in [-0.2, 0) is 6.42 Å². The summed E-state index contributed by atoms with van der Waals surface area (Å²) in [5.41, 5.74) is 5.46. The number of nitrogens with one attached hydrogen (secondary N) is 3. The molecule has 1 aromatic carbocycles. The Bertz CT molecular complexity index is 816. The number of benzene rings is 1. The Kier molecular flexibility index (Phi) is 10.3. The van der Waals surface area contributed by atoms with Gasteiger partial charge >= 0.3 is 0 Å². The number of rotatable bonds is 13. The molecule has 1 aromatic rings. The summed E-state index contributed by atoms with van der Waals surface area (Å²) >= 11 is 0. The monoisotopic (exact) mass is 437 g/mol. The molecule has 0 unspecified atom stereocenters. The number of hydrogen-bond donors (Lipinski definition) is 4. The SMILES string of the molecule is C=N/C=C(\C=N/CNCCNCCO)[C@@H]1CC[C@H](N[C@H](C)c2cccc3c2C=CCC3)C1.